The zero-order valence-corrected chi connectivity index (χ0v) is 29.2. The van der Waals surface area contributed by atoms with E-state index in [-0.39, 0.29) is 22.2 Å². The Kier molecular flexibility index (Phi) is 12.1. The number of nitrogens with one attached hydrogen (secondary N) is 1. The number of carbonyl (C=O) groups excluding carboxylic acids is 1. The van der Waals surface area contributed by atoms with Crippen molar-refractivity contribution in [2.75, 3.05) is 32.0 Å². The van der Waals surface area contributed by atoms with Gasteiger partial charge in [0.15, 0.2) is 19.8 Å². The molecule has 1 aliphatic heterocycles. The molecule has 1 fully saturated rings. The number of nitrogens with two attached hydrogens (primary N) is 1. The van der Waals surface area contributed by atoms with Crippen LogP contribution in [0, 0.1) is 0 Å². The monoisotopic (exact) mass is 665 g/mol. The van der Waals surface area contributed by atoms with E-state index >= 15 is 0 Å². The minimum absolute atomic E-state index is 0.113. The fourth-order valence-corrected chi connectivity index (χ4v) is 6.54. The first kappa shape index (κ1) is 36.3. The molecule has 4 rings (SSSR count). The number of para-hydroxylation sites is 1. The van der Waals surface area contributed by atoms with Gasteiger partial charge in [-0.25, -0.2) is 19.7 Å². The third-order valence-electron chi connectivity index (χ3n) is 8.23. The molecule has 14 nitrogen and oxygen atoms in total. The van der Waals surface area contributed by atoms with E-state index in [1.165, 1.54) is 56.6 Å². The second-order valence-corrected chi connectivity index (χ2v) is 18.3. The summed E-state index contributed by atoms with van der Waals surface area (Å²) in [4.78, 5) is 27.3. The van der Waals surface area contributed by atoms with Crippen molar-refractivity contribution in [3.05, 3.63) is 42.5 Å². The fourth-order valence-electron chi connectivity index (χ4n) is 4.47. The van der Waals surface area contributed by atoms with Crippen molar-refractivity contribution in [2.45, 2.75) is 84.5 Å². The summed E-state index contributed by atoms with van der Waals surface area (Å²) in [5.41, 5.74) is 6.61. The van der Waals surface area contributed by atoms with Crippen LogP contribution in [0.2, 0.25) is 18.1 Å². The molecule has 0 unspecified atom stereocenters. The predicted molar refractivity (Wildman–Crippen MR) is 174 cm³/mol. The van der Waals surface area contributed by atoms with E-state index in [1.807, 2.05) is 4.72 Å². The lowest BCUT2D eigenvalue weighted by Crippen LogP contribution is -2.47. The molecule has 0 bridgehead atoms. The lowest BCUT2D eigenvalue weighted by molar-refractivity contribution is -0.0351. The first-order valence-electron chi connectivity index (χ1n) is 15.0. The van der Waals surface area contributed by atoms with Gasteiger partial charge in [0.25, 0.3) is 5.91 Å². The van der Waals surface area contributed by atoms with Crippen LogP contribution in [0.5, 0.6) is 5.75 Å². The number of aromatic nitrogens is 4. The molecule has 2 aromatic heterocycles. The highest BCUT2D eigenvalue weighted by Crippen LogP contribution is 2.41. The van der Waals surface area contributed by atoms with Crippen LogP contribution in [-0.4, -0.2) is 90.6 Å². The molecule has 16 heteroatoms. The van der Waals surface area contributed by atoms with Crippen molar-refractivity contribution in [2.24, 2.45) is 0 Å². The summed E-state index contributed by atoms with van der Waals surface area (Å²) in [6.45, 7) is 20.2. The van der Waals surface area contributed by atoms with Crippen molar-refractivity contribution in [3.8, 4) is 5.75 Å². The maximum Gasteiger partial charge on any atom is 0.362 e. The summed E-state index contributed by atoms with van der Waals surface area (Å²) in [6, 6.07) is 5.57. The Balaban J connectivity index is 0.000000707. The molecule has 1 amide bonds. The number of aromatic hydroxyl groups is 1. The lowest BCUT2D eigenvalue weighted by atomic mass is 10.2. The number of anilines is 1. The summed E-state index contributed by atoms with van der Waals surface area (Å²) < 4.78 is 46.6. The first-order chi connectivity index (χ1) is 21.0. The smallest absolute Gasteiger partial charge is 0.362 e. The summed E-state index contributed by atoms with van der Waals surface area (Å²) in [5.74, 6) is -1.15. The maximum atomic E-state index is 12.6. The molecule has 1 aliphatic rings. The molecular formula is C29H47N7O7SSi. The average Bonchev–Trinajstić information content (AvgIpc) is 3.57. The summed E-state index contributed by atoms with van der Waals surface area (Å²) >= 11 is 0. The van der Waals surface area contributed by atoms with Crippen molar-refractivity contribution in [3.63, 3.8) is 0 Å². The molecule has 3 atom stereocenters. The van der Waals surface area contributed by atoms with E-state index in [9.17, 15) is 18.3 Å². The summed E-state index contributed by atoms with van der Waals surface area (Å²) in [7, 11) is -6.82. The lowest BCUT2D eigenvalue weighted by Gasteiger charge is -2.39. The molecule has 4 N–H and O–H groups in total. The number of rotatable bonds is 11. The molecule has 0 radical (unpaired) electrons. The molecule has 1 aromatic carbocycles. The number of hydrogen-bond acceptors (Lipinski definition) is 12. The van der Waals surface area contributed by atoms with Crippen LogP contribution >= 0.6 is 0 Å². The Labute approximate surface area is 266 Å². The number of amides is 1. The van der Waals surface area contributed by atoms with E-state index in [4.69, 9.17) is 19.1 Å². The Morgan fingerprint density at radius 2 is 1.80 bits per heavy atom. The number of nitrogens with zero attached hydrogens (tertiary/aromatic N) is 5. The third kappa shape index (κ3) is 9.20. The maximum absolute atomic E-state index is 12.6. The number of benzene rings is 1. The van der Waals surface area contributed by atoms with Gasteiger partial charge in [0.05, 0.1) is 24.6 Å². The van der Waals surface area contributed by atoms with Gasteiger partial charge in [0.2, 0.25) is 0 Å². The van der Waals surface area contributed by atoms with Crippen LogP contribution in [-0.2, 0) is 23.7 Å². The molecule has 45 heavy (non-hydrogen) atoms. The number of hydrogen-bond donors (Lipinski definition) is 3. The van der Waals surface area contributed by atoms with Gasteiger partial charge in [-0.1, -0.05) is 53.7 Å². The molecular weight excluding hydrogens is 619 g/mol. The van der Waals surface area contributed by atoms with Crippen molar-refractivity contribution in [1.29, 1.82) is 0 Å². The quantitative estimate of drug-likeness (QED) is 0.252. The van der Waals surface area contributed by atoms with E-state index in [2.05, 4.69) is 74.5 Å². The number of nitrogen functional groups attached to an aromatic ring is 1. The van der Waals surface area contributed by atoms with Crippen LogP contribution in [0.4, 0.5) is 5.82 Å². The van der Waals surface area contributed by atoms with Gasteiger partial charge >= 0.3 is 10.3 Å². The second kappa shape index (κ2) is 15.0. The van der Waals surface area contributed by atoms with Gasteiger partial charge in [-0.05, 0) is 49.9 Å². The molecule has 0 saturated carbocycles. The van der Waals surface area contributed by atoms with Crippen LogP contribution in [0.3, 0.4) is 0 Å². The largest absolute Gasteiger partial charge is 0.507 e. The van der Waals surface area contributed by atoms with Crippen molar-refractivity contribution >= 4 is 41.5 Å². The zero-order valence-electron chi connectivity index (χ0n) is 27.4. The number of phenolic OH excluding ortho intramolecular Hbond substituents is 1. The number of phenols is 1. The topological polar surface area (TPSA) is 184 Å². The highest BCUT2D eigenvalue weighted by Gasteiger charge is 2.46. The van der Waals surface area contributed by atoms with Crippen LogP contribution < -0.4 is 10.5 Å². The predicted octanol–water partition coefficient (Wildman–Crippen LogP) is 3.83. The Bertz CT molecular complexity index is 1540. The van der Waals surface area contributed by atoms with Gasteiger partial charge < -0.3 is 24.9 Å². The summed E-state index contributed by atoms with van der Waals surface area (Å²) in [6.07, 6.45) is 1.35. The SMILES string of the molecule is CC(C)(C)[Si](C)(C)O[C@H]1C[C@H](n2cnc3c(N)ncnc32)O[C@@H]1COS(=O)(=O)NC(=O)c1ccccc1O.CCN(CC)CC. The molecule has 3 aromatic rings. The molecule has 3 heterocycles. The minimum Gasteiger partial charge on any atom is -0.507 e. The zero-order chi connectivity index (χ0) is 33.6. The average molecular weight is 666 g/mol. The highest BCUT2D eigenvalue weighted by molar-refractivity contribution is 7.85. The molecule has 250 valence electrons. The van der Waals surface area contributed by atoms with Gasteiger partial charge in [-0.15, -0.1) is 0 Å². The standard InChI is InChI=1S/C23H32N6O7SSi.C6H15N/c1-23(2,3)38(4,5)36-16-10-18(29-13-27-19-20(24)25-12-26-21(19)29)35-17(16)11-34-37(32,33)28-22(31)14-8-6-7-9-15(14)30;1-4-7(5-2)6-3/h6-9,12-13,16-18,30H,10-11H2,1-5H3,(H,28,31)(H2,24,25,26);4-6H2,1-3H3/t16-,17+,18+;/m0./s1. The molecule has 1 saturated heterocycles. The number of imidazole rings is 1. The highest BCUT2D eigenvalue weighted by atomic mass is 32.2. The normalized spacial score (nSPS) is 19.0. The van der Waals surface area contributed by atoms with Gasteiger partial charge in [-0.3, -0.25) is 13.5 Å². The molecule has 0 spiro atoms. The first-order valence-corrected chi connectivity index (χ1v) is 19.3. The second-order valence-electron chi connectivity index (χ2n) is 12.2. The molecule has 0 aliphatic carbocycles. The van der Waals surface area contributed by atoms with Gasteiger partial charge in [0.1, 0.15) is 29.9 Å². The Morgan fingerprint density at radius 1 is 1.16 bits per heavy atom. The minimum atomic E-state index is -4.53. The summed E-state index contributed by atoms with van der Waals surface area (Å²) in [5, 5.41) is 9.73. The van der Waals surface area contributed by atoms with Crippen LogP contribution in [0.15, 0.2) is 36.9 Å². The van der Waals surface area contributed by atoms with E-state index in [0.717, 1.165) is 0 Å². The number of carbonyl (C=O) groups is 1. The van der Waals surface area contributed by atoms with E-state index in [0.29, 0.717) is 17.6 Å². The van der Waals surface area contributed by atoms with Crippen molar-refractivity contribution in [1.82, 2.24) is 29.1 Å². The van der Waals surface area contributed by atoms with Crippen LogP contribution in [0.25, 0.3) is 11.2 Å². The van der Waals surface area contributed by atoms with Gasteiger partial charge in [-0.2, -0.15) is 8.42 Å². The third-order valence-corrected chi connectivity index (χ3v) is 13.6. The Hall–Kier alpha value is -3.15. The Morgan fingerprint density at radius 3 is 2.38 bits per heavy atom. The van der Waals surface area contributed by atoms with E-state index < -0.39 is 49.6 Å². The number of ether oxygens (including phenoxy) is 1. The van der Waals surface area contributed by atoms with E-state index in [1.54, 1.807) is 4.57 Å². The fraction of sp³-hybridized carbons (Fsp3) is 0.586. The number of fused-ring (bicyclic) bond motifs is 1. The van der Waals surface area contributed by atoms with Crippen molar-refractivity contribution < 1.29 is 31.7 Å². The van der Waals surface area contributed by atoms with Crippen LogP contribution in [0.1, 0.15) is 64.5 Å². The van der Waals surface area contributed by atoms with Gasteiger partial charge in [0, 0.05) is 6.42 Å².